The van der Waals surface area contributed by atoms with Crippen molar-refractivity contribution in [2.24, 2.45) is 5.92 Å². The summed E-state index contributed by atoms with van der Waals surface area (Å²) in [5.74, 6) is 0.182. The quantitative estimate of drug-likeness (QED) is 0.640. The molecule has 100 valence electrons. The molecule has 18 heavy (non-hydrogen) atoms. The summed E-state index contributed by atoms with van der Waals surface area (Å²) in [6.45, 7) is 2.78. The molecule has 4 heteroatoms. The molecule has 0 heterocycles. The van der Waals surface area contributed by atoms with Crippen LogP contribution in [0.3, 0.4) is 0 Å². The summed E-state index contributed by atoms with van der Waals surface area (Å²) in [4.78, 5) is 11.7. The van der Waals surface area contributed by atoms with Gasteiger partial charge < -0.3 is 15.5 Å². The lowest BCUT2D eigenvalue weighted by molar-refractivity contribution is 0.0952. The maximum Gasteiger partial charge on any atom is 0.251 e. The lowest BCUT2D eigenvalue weighted by Gasteiger charge is -2.08. The van der Waals surface area contributed by atoms with Gasteiger partial charge in [0.1, 0.15) is 0 Å². The van der Waals surface area contributed by atoms with Gasteiger partial charge in [0.05, 0.1) is 6.61 Å². The molecule has 0 aliphatic heterocycles. The van der Waals surface area contributed by atoms with E-state index in [9.17, 15) is 4.79 Å². The Kier molecular flexibility index (Phi) is 6.39. The zero-order chi connectivity index (χ0) is 13.4. The molecule has 1 aromatic carbocycles. The van der Waals surface area contributed by atoms with E-state index < -0.39 is 0 Å². The summed E-state index contributed by atoms with van der Waals surface area (Å²) in [5, 5.41) is 20.6. The van der Waals surface area contributed by atoms with Crippen molar-refractivity contribution < 1.29 is 15.0 Å². The van der Waals surface area contributed by atoms with Crippen LogP contribution in [0.1, 0.15) is 35.7 Å². The standard InChI is InChI=1S/C14H21NO3/c1-11(9-16)3-2-8-15-14(18)13-6-4-12(10-17)5-7-13/h4-7,11,16-17H,2-3,8-10H2,1H3,(H,15,18). The first-order chi connectivity index (χ1) is 8.67. The van der Waals surface area contributed by atoms with E-state index in [4.69, 9.17) is 10.2 Å². The normalized spacial score (nSPS) is 12.2. The third-order valence-electron chi connectivity index (χ3n) is 2.87. The van der Waals surface area contributed by atoms with Crippen molar-refractivity contribution in [3.05, 3.63) is 35.4 Å². The van der Waals surface area contributed by atoms with Gasteiger partial charge in [-0.1, -0.05) is 19.1 Å². The molecule has 0 saturated carbocycles. The number of aliphatic hydroxyl groups excluding tert-OH is 2. The fraction of sp³-hybridized carbons (Fsp3) is 0.500. The molecule has 0 saturated heterocycles. The molecule has 4 nitrogen and oxygen atoms in total. The second kappa shape index (κ2) is 7.84. The minimum atomic E-state index is -0.101. The molecule has 1 amide bonds. The van der Waals surface area contributed by atoms with E-state index in [1.54, 1.807) is 24.3 Å². The van der Waals surface area contributed by atoms with Crippen molar-refractivity contribution in [3.8, 4) is 0 Å². The molecule has 3 N–H and O–H groups in total. The van der Waals surface area contributed by atoms with Crippen LogP contribution < -0.4 is 5.32 Å². The monoisotopic (exact) mass is 251 g/mol. The second-order valence-corrected chi connectivity index (χ2v) is 4.54. The van der Waals surface area contributed by atoms with Crippen LogP contribution in [0.5, 0.6) is 0 Å². The predicted octanol–water partition coefficient (Wildman–Crippen LogP) is 1.32. The Hall–Kier alpha value is -1.39. The van der Waals surface area contributed by atoms with Crippen molar-refractivity contribution in [2.45, 2.75) is 26.4 Å². The summed E-state index contributed by atoms with van der Waals surface area (Å²) in [6, 6.07) is 6.89. The average molecular weight is 251 g/mol. The Labute approximate surface area is 108 Å². The number of hydrogen-bond acceptors (Lipinski definition) is 3. The largest absolute Gasteiger partial charge is 0.396 e. The molecular formula is C14H21NO3. The summed E-state index contributed by atoms with van der Waals surface area (Å²) >= 11 is 0. The highest BCUT2D eigenvalue weighted by molar-refractivity contribution is 5.94. The zero-order valence-electron chi connectivity index (χ0n) is 10.7. The van der Waals surface area contributed by atoms with Gasteiger partial charge in [-0.3, -0.25) is 4.79 Å². The van der Waals surface area contributed by atoms with Gasteiger partial charge >= 0.3 is 0 Å². The van der Waals surface area contributed by atoms with Crippen LogP contribution in [0.4, 0.5) is 0 Å². The molecule has 0 bridgehead atoms. The first-order valence-electron chi connectivity index (χ1n) is 6.26. The fourth-order valence-corrected chi connectivity index (χ4v) is 1.61. The molecule has 0 aliphatic rings. The SMILES string of the molecule is CC(CO)CCCNC(=O)c1ccc(CO)cc1. The van der Waals surface area contributed by atoms with Gasteiger partial charge in [0, 0.05) is 18.7 Å². The van der Waals surface area contributed by atoms with Gasteiger partial charge in [-0.15, -0.1) is 0 Å². The molecule has 1 rings (SSSR count). The average Bonchev–Trinajstić information content (AvgIpc) is 2.43. The summed E-state index contributed by atoms with van der Waals surface area (Å²) in [6.07, 6.45) is 1.77. The molecule has 1 unspecified atom stereocenters. The highest BCUT2D eigenvalue weighted by atomic mass is 16.3. The molecule has 0 aromatic heterocycles. The van der Waals surface area contributed by atoms with E-state index in [-0.39, 0.29) is 25.0 Å². The number of carbonyl (C=O) groups excluding carboxylic acids is 1. The Morgan fingerprint density at radius 2 is 1.94 bits per heavy atom. The number of rotatable bonds is 7. The Morgan fingerprint density at radius 3 is 2.50 bits per heavy atom. The van der Waals surface area contributed by atoms with Gasteiger partial charge in [0.2, 0.25) is 0 Å². The number of amides is 1. The number of aliphatic hydroxyl groups is 2. The first kappa shape index (κ1) is 14.7. The molecule has 0 spiro atoms. The topological polar surface area (TPSA) is 69.6 Å². The van der Waals surface area contributed by atoms with E-state index in [2.05, 4.69) is 5.32 Å². The molecule has 0 fully saturated rings. The molecule has 1 aromatic rings. The second-order valence-electron chi connectivity index (χ2n) is 4.54. The van der Waals surface area contributed by atoms with Gasteiger partial charge in [0.15, 0.2) is 0 Å². The van der Waals surface area contributed by atoms with Crippen molar-refractivity contribution in [1.82, 2.24) is 5.32 Å². The Balaban J connectivity index is 2.31. The maximum atomic E-state index is 11.7. The van der Waals surface area contributed by atoms with Gasteiger partial charge in [-0.05, 0) is 36.5 Å². The van der Waals surface area contributed by atoms with E-state index in [1.165, 1.54) is 0 Å². The van der Waals surface area contributed by atoms with E-state index >= 15 is 0 Å². The van der Waals surface area contributed by atoms with Crippen molar-refractivity contribution in [1.29, 1.82) is 0 Å². The third-order valence-corrected chi connectivity index (χ3v) is 2.87. The van der Waals surface area contributed by atoms with Gasteiger partial charge in [-0.25, -0.2) is 0 Å². The van der Waals surface area contributed by atoms with E-state index in [1.807, 2.05) is 6.92 Å². The molecule has 1 atom stereocenters. The number of nitrogens with one attached hydrogen (secondary N) is 1. The zero-order valence-corrected chi connectivity index (χ0v) is 10.7. The predicted molar refractivity (Wildman–Crippen MR) is 70.2 cm³/mol. The number of benzene rings is 1. The lowest BCUT2D eigenvalue weighted by atomic mass is 10.1. The van der Waals surface area contributed by atoms with Crippen LogP contribution in [0.2, 0.25) is 0 Å². The smallest absolute Gasteiger partial charge is 0.251 e. The van der Waals surface area contributed by atoms with E-state index in [0.717, 1.165) is 18.4 Å². The van der Waals surface area contributed by atoms with Crippen LogP contribution in [-0.4, -0.2) is 29.3 Å². The van der Waals surface area contributed by atoms with Crippen molar-refractivity contribution in [3.63, 3.8) is 0 Å². The highest BCUT2D eigenvalue weighted by Gasteiger charge is 2.05. The molecular weight excluding hydrogens is 230 g/mol. The summed E-state index contributed by atoms with van der Waals surface area (Å²) in [5.41, 5.74) is 1.39. The van der Waals surface area contributed by atoms with Gasteiger partial charge in [-0.2, -0.15) is 0 Å². The van der Waals surface area contributed by atoms with Crippen molar-refractivity contribution >= 4 is 5.91 Å². The molecule has 0 aliphatic carbocycles. The highest BCUT2D eigenvalue weighted by Crippen LogP contribution is 2.05. The fourth-order valence-electron chi connectivity index (χ4n) is 1.61. The Bertz CT molecular complexity index is 362. The minimum Gasteiger partial charge on any atom is -0.396 e. The third kappa shape index (κ3) is 4.85. The maximum absolute atomic E-state index is 11.7. The number of hydrogen-bond donors (Lipinski definition) is 3. The van der Waals surface area contributed by atoms with Crippen LogP contribution in [-0.2, 0) is 6.61 Å². The van der Waals surface area contributed by atoms with Crippen LogP contribution in [0.25, 0.3) is 0 Å². The van der Waals surface area contributed by atoms with Crippen LogP contribution >= 0.6 is 0 Å². The van der Waals surface area contributed by atoms with Gasteiger partial charge in [0.25, 0.3) is 5.91 Å². The number of carbonyl (C=O) groups is 1. The first-order valence-corrected chi connectivity index (χ1v) is 6.26. The molecule has 0 radical (unpaired) electrons. The Morgan fingerprint density at radius 1 is 1.28 bits per heavy atom. The van der Waals surface area contributed by atoms with E-state index in [0.29, 0.717) is 12.1 Å². The van der Waals surface area contributed by atoms with Crippen LogP contribution in [0.15, 0.2) is 24.3 Å². The minimum absolute atomic E-state index is 0.0129. The summed E-state index contributed by atoms with van der Waals surface area (Å²) in [7, 11) is 0. The van der Waals surface area contributed by atoms with Crippen LogP contribution in [0, 0.1) is 5.92 Å². The summed E-state index contributed by atoms with van der Waals surface area (Å²) < 4.78 is 0. The lowest BCUT2D eigenvalue weighted by Crippen LogP contribution is -2.24. The van der Waals surface area contributed by atoms with Crippen molar-refractivity contribution in [2.75, 3.05) is 13.2 Å².